The zero-order valence-electron chi connectivity index (χ0n) is 20.2. The van der Waals surface area contributed by atoms with E-state index in [0.717, 1.165) is 47.3 Å². The quantitative estimate of drug-likeness (QED) is 0.178. The van der Waals surface area contributed by atoms with Crippen LogP contribution in [0.3, 0.4) is 0 Å². The molecule has 3 N–H and O–H groups in total. The number of hydrogen-bond donors (Lipinski definition) is 3. The van der Waals surface area contributed by atoms with Gasteiger partial charge in [0.05, 0.1) is 25.2 Å². The van der Waals surface area contributed by atoms with Crippen LogP contribution < -0.4 is 15.4 Å². The molecule has 1 atom stereocenters. The fraction of sp³-hybridized carbons (Fsp3) is 0.385. The maximum absolute atomic E-state index is 14.2. The molecule has 0 saturated heterocycles. The highest BCUT2D eigenvalue weighted by molar-refractivity contribution is 7.32. The maximum Gasteiger partial charge on any atom is 0.316 e. The van der Waals surface area contributed by atoms with E-state index < -0.39 is 8.25 Å². The Balaban J connectivity index is 1.53. The minimum absolute atomic E-state index is 0.0635. The van der Waals surface area contributed by atoms with E-state index in [9.17, 15) is 8.96 Å². The molecule has 2 aromatic carbocycles. The Morgan fingerprint density at radius 2 is 1.91 bits per heavy atom. The Morgan fingerprint density at radius 1 is 1.09 bits per heavy atom. The molecule has 0 fully saturated rings. The number of nitrogens with one attached hydrogen (secondary N) is 2. The predicted molar refractivity (Wildman–Crippen MR) is 137 cm³/mol. The third kappa shape index (κ3) is 9.15. The van der Waals surface area contributed by atoms with E-state index >= 15 is 0 Å². The van der Waals surface area contributed by atoms with E-state index in [0.29, 0.717) is 19.5 Å². The summed E-state index contributed by atoms with van der Waals surface area (Å²) in [5.41, 5.74) is 5.08. The fourth-order valence-corrected chi connectivity index (χ4v) is 3.99. The fourth-order valence-electron chi connectivity index (χ4n) is 3.67. The number of aryl methyl sites for hydroxylation is 1. The molecule has 0 amide bonds. The van der Waals surface area contributed by atoms with Crippen molar-refractivity contribution in [2.24, 2.45) is 0 Å². The third-order valence-electron chi connectivity index (χ3n) is 5.29. The van der Waals surface area contributed by atoms with E-state index in [-0.39, 0.29) is 24.3 Å². The van der Waals surface area contributed by atoms with Gasteiger partial charge in [-0.05, 0) is 81.1 Å². The van der Waals surface area contributed by atoms with E-state index in [1.165, 1.54) is 0 Å². The molecule has 0 aliphatic carbocycles. The molecule has 0 saturated carbocycles. The first-order valence-electron chi connectivity index (χ1n) is 11.8. The van der Waals surface area contributed by atoms with Crippen molar-refractivity contribution in [3.63, 3.8) is 0 Å². The molecule has 0 aliphatic heterocycles. The molecule has 1 aromatic heterocycles. The molecule has 0 bridgehead atoms. The Morgan fingerprint density at radius 3 is 2.63 bits per heavy atom. The van der Waals surface area contributed by atoms with Crippen LogP contribution in [0.15, 0.2) is 59.4 Å². The van der Waals surface area contributed by atoms with E-state index in [4.69, 9.17) is 18.6 Å². The minimum Gasteiger partial charge on any atom is -0.488 e. The molecule has 0 aliphatic rings. The van der Waals surface area contributed by atoms with Crippen LogP contribution in [-0.4, -0.2) is 30.7 Å². The predicted octanol–water partition coefficient (Wildman–Crippen LogP) is 5.80. The topological polar surface area (TPSA) is 93.0 Å². The van der Waals surface area contributed by atoms with Crippen LogP contribution in [0, 0.1) is 5.82 Å². The van der Waals surface area contributed by atoms with Gasteiger partial charge in [0.25, 0.3) is 0 Å². The van der Waals surface area contributed by atoms with Gasteiger partial charge in [-0.1, -0.05) is 12.1 Å². The molecule has 190 valence electrons. The summed E-state index contributed by atoms with van der Waals surface area (Å²) < 4.78 is 40.3. The molecule has 3 aromatic rings. The maximum atomic E-state index is 14.2. The lowest BCUT2D eigenvalue weighted by Crippen LogP contribution is -2.16. The second-order valence-corrected chi connectivity index (χ2v) is 9.32. The smallest absolute Gasteiger partial charge is 0.316 e. The summed E-state index contributed by atoms with van der Waals surface area (Å²) in [5.74, 6) is -0.0375. The Bertz CT molecular complexity index is 1080. The van der Waals surface area contributed by atoms with Crippen molar-refractivity contribution < 1.29 is 27.5 Å². The summed E-state index contributed by atoms with van der Waals surface area (Å²) in [6.45, 7) is 6.10. The minimum atomic E-state index is -2.86. The van der Waals surface area contributed by atoms with Gasteiger partial charge in [0, 0.05) is 29.9 Å². The zero-order chi connectivity index (χ0) is 25.0. The molecular formula is C26H34FN2O5P. The summed E-state index contributed by atoms with van der Waals surface area (Å²) in [6, 6.07) is 13.3. The first kappa shape index (κ1) is 27.0. The SMILES string of the molecule is CC(C)Oc1ccc(CCCNc2ccc(CNCCCO[PH](=O)O)cc2-c2ccoc2)cc1F. The highest BCUT2D eigenvalue weighted by atomic mass is 31.1. The third-order valence-corrected chi connectivity index (χ3v) is 5.74. The Kier molecular flexibility index (Phi) is 10.8. The molecule has 3 rings (SSSR count). The number of furan rings is 1. The van der Waals surface area contributed by atoms with Gasteiger partial charge < -0.3 is 29.2 Å². The first-order chi connectivity index (χ1) is 16.9. The van der Waals surface area contributed by atoms with Gasteiger partial charge in [-0.25, -0.2) is 4.39 Å². The molecular weight excluding hydrogens is 470 g/mol. The van der Waals surface area contributed by atoms with Crippen molar-refractivity contribution in [3.05, 3.63) is 71.9 Å². The average Bonchev–Trinajstić information content (AvgIpc) is 3.35. The number of halogens is 1. The van der Waals surface area contributed by atoms with Gasteiger partial charge in [-0.15, -0.1) is 0 Å². The lowest BCUT2D eigenvalue weighted by Gasteiger charge is -2.14. The van der Waals surface area contributed by atoms with Gasteiger partial charge >= 0.3 is 8.25 Å². The van der Waals surface area contributed by atoms with Gasteiger partial charge in [0.2, 0.25) is 0 Å². The lowest BCUT2D eigenvalue weighted by atomic mass is 10.0. The van der Waals surface area contributed by atoms with Gasteiger partial charge in [0.1, 0.15) is 0 Å². The highest BCUT2D eigenvalue weighted by Gasteiger charge is 2.09. The van der Waals surface area contributed by atoms with Gasteiger partial charge in [-0.3, -0.25) is 4.57 Å². The Hall–Kier alpha value is -2.64. The number of rotatable bonds is 15. The number of benzene rings is 2. The van der Waals surface area contributed by atoms with Crippen LogP contribution in [0.5, 0.6) is 5.75 Å². The Labute approximate surface area is 206 Å². The normalized spacial score (nSPS) is 12.1. The van der Waals surface area contributed by atoms with E-state index in [2.05, 4.69) is 28.8 Å². The molecule has 35 heavy (non-hydrogen) atoms. The lowest BCUT2D eigenvalue weighted by molar-refractivity contribution is 0.231. The second-order valence-electron chi connectivity index (χ2n) is 8.50. The highest BCUT2D eigenvalue weighted by Crippen LogP contribution is 2.30. The van der Waals surface area contributed by atoms with Crippen molar-refractivity contribution in [2.75, 3.05) is 25.0 Å². The van der Waals surface area contributed by atoms with Gasteiger partial charge in [-0.2, -0.15) is 0 Å². The van der Waals surface area contributed by atoms with Crippen LogP contribution in [-0.2, 0) is 22.1 Å². The van der Waals surface area contributed by atoms with E-state index in [1.54, 1.807) is 24.7 Å². The van der Waals surface area contributed by atoms with Crippen LogP contribution in [0.1, 0.15) is 37.8 Å². The summed E-state index contributed by atoms with van der Waals surface area (Å²) in [4.78, 5) is 8.69. The zero-order valence-corrected chi connectivity index (χ0v) is 21.2. The summed E-state index contributed by atoms with van der Waals surface area (Å²) in [6.07, 6.45) is 5.56. The first-order valence-corrected chi connectivity index (χ1v) is 13.1. The summed E-state index contributed by atoms with van der Waals surface area (Å²) in [7, 11) is -2.86. The monoisotopic (exact) mass is 504 g/mol. The second kappa shape index (κ2) is 14.0. The van der Waals surface area contributed by atoms with Crippen molar-refractivity contribution >= 4 is 13.9 Å². The molecule has 0 radical (unpaired) electrons. The number of anilines is 1. The summed E-state index contributed by atoms with van der Waals surface area (Å²) in [5, 5.41) is 6.82. The van der Waals surface area contributed by atoms with Crippen LogP contribution in [0.2, 0.25) is 0 Å². The number of hydrogen-bond acceptors (Lipinski definition) is 6. The van der Waals surface area contributed by atoms with Crippen LogP contribution in [0.25, 0.3) is 11.1 Å². The van der Waals surface area contributed by atoms with Crippen LogP contribution >= 0.6 is 8.25 Å². The van der Waals surface area contributed by atoms with Crippen molar-refractivity contribution in [1.82, 2.24) is 5.32 Å². The molecule has 0 spiro atoms. The van der Waals surface area contributed by atoms with Crippen molar-refractivity contribution in [2.45, 2.75) is 45.8 Å². The standard InChI is InChI=1S/C26H34FN2O5P/c1-19(2)34-26-9-7-20(16-24(26)27)5-3-12-29-25-8-6-21(15-23(25)22-10-14-32-18-22)17-28-11-4-13-33-35(30)31/h6-10,14-16,18-19,28-29,35H,3-5,11-13,17H2,1-2H3,(H,30,31). The summed E-state index contributed by atoms with van der Waals surface area (Å²) >= 11 is 0. The largest absolute Gasteiger partial charge is 0.488 e. The van der Waals surface area contributed by atoms with Crippen molar-refractivity contribution in [3.8, 4) is 16.9 Å². The molecule has 1 unspecified atom stereocenters. The van der Waals surface area contributed by atoms with Gasteiger partial charge in [0.15, 0.2) is 11.6 Å². The average molecular weight is 505 g/mol. The number of ether oxygens (including phenoxy) is 1. The molecule has 7 nitrogen and oxygen atoms in total. The van der Waals surface area contributed by atoms with Crippen molar-refractivity contribution in [1.29, 1.82) is 0 Å². The van der Waals surface area contributed by atoms with Crippen LogP contribution in [0.4, 0.5) is 10.1 Å². The van der Waals surface area contributed by atoms with E-state index in [1.807, 2.05) is 26.0 Å². The molecule has 9 heteroatoms. The molecule has 1 heterocycles.